The number of aliphatic carboxylic acids is 1. The van der Waals surface area contributed by atoms with Crippen molar-refractivity contribution in [3.63, 3.8) is 0 Å². The van der Waals surface area contributed by atoms with Crippen LogP contribution in [0.15, 0.2) is 0 Å². The van der Waals surface area contributed by atoms with E-state index >= 15 is 0 Å². The topological polar surface area (TPSA) is 78.9 Å². The second-order valence-electron chi connectivity index (χ2n) is 5.97. The number of nitrogens with one attached hydrogen (secondary N) is 1. The van der Waals surface area contributed by atoms with Crippen LogP contribution in [-0.4, -0.2) is 55.4 Å². The van der Waals surface area contributed by atoms with Gasteiger partial charge in [-0.15, -0.1) is 0 Å². The van der Waals surface area contributed by atoms with Gasteiger partial charge in [-0.05, 0) is 24.7 Å². The summed E-state index contributed by atoms with van der Waals surface area (Å²) in [5.41, 5.74) is 0. The number of hydrogen-bond donors (Lipinski definition) is 2. The molecule has 21 heavy (non-hydrogen) atoms. The quantitative estimate of drug-likeness (QED) is 0.718. The molecule has 0 aromatic rings. The molecule has 6 nitrogen and oxygen atoms in total. The lowest BCUT2D eigenvalue weighted by molar-refractivity contribution is -0.137. The van der Waals surface area contributed by atoms with Crippen molar-refractivity contribution >= 4 is 12.0 Å². The molecule has 0 aliphatic heterocycles. The van der Waals surface area contributed by atoms with Crippen molar-refractivity contribution in [2.45, 2.75) is 39.0 Å². The molecule has 1 aliphatic carbocycles. The van der Waals surface area contributed by atoms with E-state index in [1.807, 2.05) is 0 Å². The number of carbonyl (C=O) groups excluding carboxylic acids is 1. The highest BCUT2D eigenvalue weighted by Crippen LogP contribution is 2.30. The fourth-order valence-corrected chi connectivity index (χ4v) is 2.93. The van der Waals surface area contributed by atoms with Crippen molar-refractivity contribution in [3.8, 4) is 0 Å². The molecule has 1 rings (SSSR count). The van der Waals surface area contributed by atoms with Crippen LogP contribution in [0.2, 0.25) is 0 Å². The van der Waals surface area contributed by atoms with Gasteiger partial charge >= 0.3 is 12.0 Å². The van der Waals surface area contributed by atoms with Crippen LogP contribution >= 0.6 is 0 Å². The molecule has 2 amide bonds. The lowest BCUT2D eigenvalue weighted by atomic mass is 9.81. The predicted molar refractivity (Wildman–Crippen MR) is 80.2 cm³/mol. The molecule has 0 heterocycles. The zero-order chi connectivity index (χ0) is 15.7. The summed E-state index contributed by atoms with van der Waals surface area (Å²) in [5, 5.41) is 11.7. The van der Waals surface area contributed by atoms with Crippen LogP contribution in [0, 0.1) is 11.8 Å². The monoisotopic (exact) mass is 300 g/mol. The van der Waals surface area contributed by atoms with Crippen molar-refractivity contribution in [2.75, 3.05) is 33.4 Å². The number of urea groups is 1. The van der Waals surface area contributed by atoms with Gasteiger partial charge in [-0.3, -0.25) is 4.79 Å². The van der Waals surface area contributed by atoms with Gasteiger partial charge in [0.25, 0.3) is 0 Å². The Morgan fingerprint density at radius 2 is 2.14 bits per heavy atom. The zero-order valence-electron chi connectivity index (χ0n) is 13.1. The summed E-state index contributed by atoms with van der Waals surface area (Å²) >= 11 is 0. The molecule has 2 atom stereocenters. The van der Waals surface area contributed by atoms with Crippen LogP contribution in [0.5, 0.6) is 0 Å². The number of amides is 2. The molecular weight excluding hydrogens is 272 g/mol. The van der Waals surface area contributed by atoms with Crippen molar-refractivity contribution in [1.82, 2.24) is 10.2 Å². The molecular formula is C15H28N2O4. The number of rotatable bonds is 8. The normalized spacial score (nSPS) is 21.8. The average Bonchev–Trinajstić information content (AvgIpc) is 2.43. The Morgan fingerprint density at radius 3 is 2.76 bits per heavy atom. The largest absolute Gasteiger partial charge is 0.480 e. The second kappa shape index (κ2) is 9.60. The Morgan fingerprint density at radius 1 is 1.38 bits per heavy atom. The van der Waals surface area contributed by atoms with E-state index in [2.05, 4.69) is 12.2 Å². The minimum atomic E-state index is -1.01. The average molecular weight is 300 g/mol. The Kier molecular flexibility index (Phi) is 8.12. The predicted octanol–water partition coefficient (Wildman–Crippen LogP) is 1.95. The van der Waals surface area contributed by atoms with E-state index in [-0.39, 0.29) is 19.1 Å². The summed E-state index contributed by atoms with van der Waals surface area (Å²) in [7, 11) is 1.53. The number of nitrogens with zero attached hydrogens (tertiary/aromatic N) is 1. The molecule has 1 fully saturated rings. The van der Waals surface area contributed by atoms with E-state index in [0.29, 0.717) is 19.1 Å². The number of carbonyl (C=O) groups is 2. The fraction of sp³-hybridized carbons (Fsp3) is 0.867. The smallest absolute Gasteiger partial charge is 0.323 e. The molecule has 2 N–H and O–H groups in total. The first-order valence-electron chi connectivity index (χ1n) is 7.76. The van der Waals surface area contributed by atoms with E-state index in [9.17, 15) is 9.59 Å². The molecule has 0 aromatic heterocycles. The summed E-state index contributed by atoms with van der Waals surface area (Å²) in [6, 6.07) is -0.321. The molecule has 0 bridgehead atoms. The van der Waals surface area contributed by atoms with E-state index in [4.69, 9.17) is 9.84 Å². The zero-order valence-corrected chi connectivity index (χ0v) is 13.1. The van der Waals surface area contributed by atoms with Gasteiger partial charge in [0.05, 0.1) is 6.61 Å². The van der Waals surface area contributed by atoms with E-state index < -0.39 is 5.97 Å². The van der Waals surface area contributed by atoms with E-state index in [0.717, 1.165) is 12.3 Å². The SMILES string of the molecule is COCCN(CC(=O)O)C(=O)NCCC1CCCC(C)C1. The van der Waals surface area contributed by atoms with Gasteiger partial charge in [0, 0.05) is 20.2 Å². The lowest BCUT2D eigenvalue weighted by Crippen LogP contribution is -2.44. The van der Waals surface area contributed by atoms with Gasteiger partial charge in [0.2, 0.25) is 0 Å². The Labute approximate surface area is 126 Å². The molecule has 0 radical (unpaired) electrons. The molecule has 6 heteroatoms. The molecule has 2 unspecified atom stereocenters. The third-order valence-corrected chi connectivity index (χ3v) is 4.05. The van der Waals surface area contributed by atoms with Gasteiger partial charge in [0.15, 0.2) is 0 Å². The number of carboxylic acid groups (broad SMARTS) is 1. The Hall–Kier alpha value is -1.30. The fourth-order valence-electron chi connectivity index (χ4n) is 2.93. The maximum absolute atomic E-state index is 12.0. The summed E-state index contributed by atoms with van der Waals surface area (Å²) in [6.45, 7) is 3.22. The van der Waals surface area contributed by atoms with Gasteiger partial charge in [-0.25, -0.2) is 4.79 Å². The summed E-state index contributed by atoms with van der Waals surface area (Å²) in [6.07, 6.45) is 6.04. The highest BCUT2D eigenvalue weighted by Gasteiger charge is 2.20. The first kappa shape index (κ1) is 17.8. The highest BCUT2D eigenvalue weighted by atomic mass is 16.5. The van der Waals surface area contributed by atoms with Crippen LogP contribution in [0.25, 0.3) is 0 Å². The third-order valence-electron chi connectivity index (χ3n) is 4.05. The van der Waals surface area contributed by atoms with Gasteiger partial charge < -0.3 is 20.1 Å². The van der Waals surface area contributed by atoms with E-state index in [1.165, 1.54) is 37.7 Å². The maximum atomic E-state index is 12.0. The number of carboxylic acids is 1. The maximum Gasteiger partial charge on any atom is 0.323 e. The highest BCUT2D eigenvalue weighted by molar-refractivity contribution is 5.80. The molecule has 1 aliphatic rings. The first-order valence-corrected chi connectivity index (χ1v) is 7.76. The second-order valence-corrected chi connectivity index (χ2v) is 5.97. The number of methoxy groups -OCH3 is 1. The van der Waals surface area contributed by atoms with Crippen molar-refractivity contribution in [1.29, 1.82) is 0 Å². The van der Waals surface area contributed by atoms with Crippen LogP contribution in [-0.2, 0) is 9.53 Å². The number of ether oxygens (including phenoxy) is 1. The standard InChI is InChI=1S/C15H28N2O4/c1-12-4-3-5-13(10-12)6-7-16-15(20)17(8-9-21-2)11-14(18)19/h12-13H,3-11H2,1-2H3,(H,16,20)(H,18,19). The van der Waals surface area contributed by atoms with Crippen molar-refractivity contribution in [3.05, 3.63) is 0 Å². The molecule has 0 spiro atoms. The molecule has 122 valence electrons. The minimum absolute atomic E-state index is 0.287. The molecule has 0 aromatic carbocycles. The van der Waals surface area contributed by atoms with E-state index in [1.54, 1.807) is 0 Å². The first-order chi connectivity index (χ1) is 10.0. The van der Waals surface area contributed by atoms with Crippen LogP contribution in [0.3, 0.4) is 0 Å². The lowest BCUT2D eigenvalue weighted by Gasteiger charge is -2.27. The minimum Gasteiger partial charge on any atom is -0.480 e. The van der Waals surface area contributed by atoms with Gasteiger partial charge in [0.1, 0.15) is 6.54 Å². The van der Waals surface area contributed by atoms with Crippen LogP contribution in [0.1, 0.15) is 39.0 Å². The van der Waals surface area contributed by atoms with Crippen LogP contribution in [0.4, 0.5) is 4.79 Å². The van der Waals surface area contributed by atoms with Gasteiger partial charge in [-0.1, -0.05) is 26.2 Å². The van der Waals surface area contributed by atoms with Crippen LogP contribution < -0.4 is 5.32 Å². The summed E-state index contributed by atoms with van der Waals surface area (Å²) in [4.78, 5) is 24.0. The Balaban J connectivity index is 2.29. The van der Waals surface area contributed by atoms with Crippen molar-refractivity contribution in [2.24, 2.45) is 11.8 Å². The van der Waals surface area contributed by atoms with Crippen molar-refractivity contribution < 1.29 is 19.4 Å². The molecule has 0 saturated heterocycles. The Bertz CT molecular complexity index is 336. The molecule has 1 saturated carbocycles. The van der Waals surface area contributed by atoms with Gasteiger partial charge in [-0.2, -0.15) is 0 Å². The summed E-state index contributed by atoms with van der Waals surface area (Å²) in [5.74, 6) is 0.452. The summed E-state index contributed by atoms with van der Waals surface area (Å²) < 4.78 is 4.90. The third kappa shape index (κ3) is 7.32. The number of hydrogen-bond acceptors (Lipinski definition) is 3.